The van der Waals surface area contributed by atoms with Gasteiger partial charge in [0.15, 0.2) is 6.10 Å². The Kier molecular flexibility index (Phi) is 69.5. The Labute approximate surface area is 513 Å². The Morgan fingerprint density at radius 2 is 0.402 bits per heavy atom. The molecule has 0 aromatic rings. The van der Waals surface area contributed by atoms with E-state index in [-0.39, 0.29) is 31.1 Å². The Balaban J connectivity index is 4.11. The molecule has 0 spiro atoms. The molecule has 6 nitrogen and oxygen atoms in total. The predicted octanol–water partition coefficient (Wildman–Crippen LogP) is 25.7. The largest absolute Gasteiger partial charge is 0.462 e. The summed E-state index contributed by atoms with van der Waals surface area (Å²) in [6.45, 7) is 6.70. The highest BCUT2D eigenvalue weighted by molar-refractivity contribution is 5.71. The molecule has 0 radical (unpaired) electrons. The summed E-state index contributed by atoms with van der Waals surface area (Å²) in [4.78, 5) is 38.4. The van der Waals surface area contributed by atoms with E-state index in [0.29, 0.717) is 19.3 Å². The van der Waals surface area contributed by atoms with Gasteiger partial charge in [0.2, 0.25) is 0 Å². The standard InChI is InChI=1S/C76H144O6/c1-4-7-10-13-16-19-22-25-28-30-31-32-33-34-35-36-37-38-39-40-41-42-43-44-45-46-49-51-54-57-60-63-66-69-75(78)81-72-73(71-80-74(77)68-65-62-59-56-53-50-47-27-24-21-18-15-12-9-6-3)82-76(79)70-67-64-61-58-55-52-48-29-26-23-20-17-14-11-8-5-2/h27,29,47-48,73H,4-26,28,30-46,49-72H2,1-3H3/b47-27-,48-29-. The molecule has 0 rings (SSSR count). The molecule has 82 heavy (non-hydrogen) atoms. The van der Waals surface area contributed by atoms with Crippen molar-refractivity contribution in [1.29, 1.82) is 0 Å². The maximum absolute atomic E-state index is 12.9. The van der Waals surface area contributed by atoms with E-state index in [2.05, 4.69) is 45.1 Å². The third-order valence-electron chi connectivity index (χ3n) is 17.2. The molecular weight excluding hydrogens is 1010 g/mol. The van der Waals surface area contributed by atoms with Gasteiger partial charge in [-0.3, -0.25) is 14.4 Å². The number of carbonyl (C=O) groups excluding carboxylic acids is 3. The Bertz CT molecular complexity index is 1320. The van der Waals surface area contributed by atoms with Crippen LogP contribution in [0.1, 0.15) is 425 Å². The maximum atomic E-state index is 12.9. The minimum atomic E-state index is -0.777. The van der Waals surface area contributed by atoms with E-state index in [1.807, 2.05) is 0 Å². The number of unbranched alkanes of at least 4 members (excludes halogenated alkanes) is 55. The number of esters is 3. The molecule has 1 unspecified atom stereocenters. The van der Waals surface area contributed by atoms with Crippen molar-refractivity contribution in [2.75, 3.05) is 13.2 Å². The van der Waals surface area contributed by atoms with Crippen LogP contribution in [0.15, 0.2) is 24.3 Å². The van der Waals surface area contributed by atoms with Crippen LogP contribution in [0.2, 0.25) is 0 Å². The minimum absolute atomic E-state index is 0.0720. The van der Waals surface area contributed by atoms with Crippen LogP contribution in [0.4, 0.5) is 0 Å². The first-order valence-electron chi connectivity index (χ1n) is 37.3. The molecule has 0 aromatic heterocycles. The van der Waals surface area contributed by atoms with Gasteiger partial charge in [-0.05, 0) is 70.6 Å². The van der Waals surface area contributed by atoms with Crippen LogP contribution in [-0.2, 0) is 28.6 Å². The van der Waals surface area contributed by atoms with E-state index in [1.165, 1.54) is 315 Å². The first-order valence-corrected chi connectivity index (χ1v) is 37.3. The number of carbonyl (C=O) groups is 3. The van der Waals surface area contributed by atoms with Crippen LogP contribution in [-0.4, -0.2) is 37.2 Å². The Morgan fingerprint density at radius 1 is 0.232 bits per heavy atom. The van der Waals surface area contributed by atoms with Crippen molar-refractivity contribution in [1.82, 2.24) is 0 Å². The first kappa shape index (κ1) is 79.9. The second-order valence-corrected chi connectivity index (χ2v) is 25.6. The third-order valence-corrected chi connectivity index (χ3v) is 17.2. The van der Waals surface area contributed by atoms with Gasteiger partial charge in [-0.1, -0.05) is 360 Å². The smallest absolute Gasteiger partial charge is 0.306 e. The van der Waals surface area contributed by atoms with Crippen molar-refractivity contribution < 1.29 is 28.6 Å². The van der Waals surface area contributed by atoms with E-state index in [4.69, 9.17) is 14.2 Å². The van der Waals surface area contributed by atoms with E-state index in [0.717, 1.165) is 70.6 Å². The molecule has 1 atom stereocenters. The average molecular weight is 1150 g/mol. The van der Waals surface area contributed by atoms with Gasteiger partial charge in [-0.25, -0.2) is 0 Å². The zero-order valence-corrected chi connectivity index (χ0v) is 55.8. The fourth-order valence-electron chi connectivity index (χ4n) is 11.6. The number of hydrogen-bond donors (Lipinski definition) is 0. The molecule has 0 fully saturated rings. The SMILES string of the molecule is CCCCCCCC/C=C\CCCCCCCC(=O)OCC(COC(=O)CCCCCCCCCCCCCCCCCCCCCCCCCCCCCCCCCCC)OC(=O)CCCCCCC/C=C\CCCCCCCCC. The molecule has 0 bridgehead atoms. The molecule has 0 aliphatic carbocycles. The number of rotatable bonds is 70. The number of ether oxygens (including phenoxy) is 3. The van der Waals surface area contributed by atoms with Gasteiger partial charge in [0.25, 0.3) is 0 Å². The highest BCUT2D eigenvalue weighted by Crippen LogP contribution is 2.19. The molecular formula is C76H144O6. The quantitative estimate of drug-likeness (QED) is 0.0261. The summed E-state index contributed by atoms with van der Waals surface area (Å²) in [5, 5.41) is 0. The van der Waals surface area contributed by atoms with Crippen LogP contribution < -0.4 is 0 Å². The van der Waals surface area contributed by atoms with Crippen molar-refractivity contribution in [3.05, 3.63) is 24.3 Å². The summed E-state index contributed by atoms with van der Waals surface area (Å²) in [6.07, 6.45) is 88.1. The molecule has 0 amide bonds. The Morgan fingerprint density at radius 3 is 0.610 bits per heavy atom. The summed E-state index contributed by atoms with van der Waals surface area (Å²) in [5.74, 6) is -0.859. The van der Waals surface area contributed by atoms with Gasteiger partial charge >= 0.3 is 17.9 Å². The highest BCUT2D eigenvalue weighted by Gasteiger charge is 2.20. The van der Waals surface area contributed by atoms with Crippen molar-refractivity contribution in [2.24, 2.45) is 0 Å². The lowest BCUT2D eigenvalue weighted by molar-refractivity contribution is -0.167. The summed E-state index contributed by atoms with van der Waals surface area (Å²) in [5.41, 5.74) is 0. The molecule has 0 N–H and O–H groups in total. The first-order chi connectivity index (χ1) is 40.5. The van der Waals surface area contributed by atoms with E-state index < -0.39 is 6.10 Å². The average Bonchev–Trinajstić information content (AvgIpc) is 3.47. The van der Waals surface area contributed by atoms with Crippen molar-refractivity contribution >= 4 is 17.9 Å². The van der Waals surface area contributed by atoms with Gasteiger partial charge in [-0.2, -0.15) is 0 Å². The topological polar surface area (TPSA) is 78.9 Å². The summed E-state index contributed by atoms with van der Waals surface area (Å²) in [6, 6.07) is 0. The van der Waals surface area contributed by atoms with Crippen LogP contribution in [0.5, 0.6) is 0 Å². The highest BCUT2D eigenvalue weighted by atomic mass is 16.6. The van der Waals surface area contributed by atoms with Gasteiger partial charge in [-0.15, -0.1) is 0 Å². The lowest BCUT2D eigenvalue weighted by atomic mass is 10.0. The van der Waals surface area contributed by atoms with Crippen LogP contribution >= 0.6 is 0 Å². The summed E-state index contributed by atoms with van der Waals surface area (Å²) >= 11 is 0. The van der Waals surface area contributed by atoms with Gasteiger partial charge in [0.1, 0.15) is 13.2 Å². The van der Waals surface area contributed by atoms with Gasteiger partial charge in [0, 0.05) is 19.3 Å². The van der Waals surface area contributed by atoms with Gasteiger partial charge in [0.05, 0.1) is 0 Å². The molecule has 484 valence electrons. The lowest BCUT2D eigenvalue weighted by Gasteiger charge is -2.18. The normalized spacial score (nSPS) is 12.1. The van der Waals surface area contributed by atoms with Gasteiger partial charge < -0.3 is 14.2 Å². The third kappa shape index (κ3) is 68.7. The maximum Gasteiger partial charge on any atom is 0.306 e. The molecule has 6 heteroatoms. The van der Waals surface area contributed by atoms with E-state index in [9.17, 15) is 14.4 Å². The fraction of sp³-hybridized carbons (Fsp3) is 0.908. The second kappa shape index (κ2) is 71.4. The van der Waals surface area contributed by atoms with Crippen LogP contribution in [0.25, 0.3) is 0 Å². The zero-order valence-electron chi connectivity index (χ0n) is 55.8. The fourth-order valence-corrected chi connectivity index (χ4v) is 11.6. The van der Waals surface area contributed by atoms with E-state index in [1.54, 1.807) is 0 Å². The second-order valence-electron chi connectivity index (χ2n) is 25.6. The molecule has 0 saturated heterocycles. The molecule has 0 heterocycles. The minimum Gasteiger partial charge on any atom is -0.462 e. The van der Waals surface area contributed by atoms with E-state index >= 15 is 0 Å². The summed E-state index contributed by atoms with van der Waals surface area (Å²) in [7, 11) is 0. The lowest BCUT2D eigenvalue weighted by Crippen LogP contribution is -2.30. The van der Waals surface area contributed by atoms with Crippen LogP contribution in [0.3, 0.4) is 0 Å². The Hall–Kier alpha value is -2.11. The molecule has 0 aromatic carbocycles. The zero-order chi connectivity index (χ0) is 59.2. The van der Waals surface area contributed by atoms with Crippen molar-refractivity contribution in [3.63, 3.8) is 0 Å². The molecule has 0 saturated carbocycles. The number of allylic oxidation sites excluding steroid dienone is 4. The summed E-state index contributed by atoms with van der Waals surface area (Å²) < 4.78 is 17.0. The number of hydrogen-bond acceptors (Lipinski definition) is 6. The van der Waals surface area contributed by atoms with Crippen molar-refractivity contribution in [2.45, 2.75) is 431 Å². The van der Waals surface area contributed by atoms with Crippen molar-refractivity contribution in [3.8, 4) is 0 Å². The monoisotopic (exact) mass is 1150 g/mol. The predicted molar refractivity (Wildman–Crippen MR) is 358 cm³/mol. The molecule has 0 aliphatic heterocycles. The molecule has 0 aliphatic rings. The van der Waals surface area contributed by atoms with Crippen LogP contribution in [0, 0.1) is 0 Å².